The highest BCUT2D eigenvalue weighted by Crippen LogP contribution is 2.32. The fraction of sp³-hybridized carbons (Fsp3) is 0.115. The van der Waals surface area contributed by atoms with Gasteiger partial charge in [-0.15, -0.1) is 0 Å². The fourth-order valence-electron chi connectivity index (χ4n) is 3.99. The zero-order valence-electron chi connectivity index (χ0n) is 18.8. The maximum absolute atomic E-state index is 13.6. The molecular formula is C26H20BrN3O4S. The number of furan rings is 1. The van der Waals surface area contributed by atoms with Gasteiger partial charge < -0.3 is 14.5 Å². The first-order chi connectivity index (χ1) is 16.9. The molecule has 2 aromatic heterocycles. The van der Waals surface area contributed by atoms with Crippen LogP contribution in [0.3, 0.4) is 0 Å². The Morgan fingerprint density at radius 2 is 1.97 bits per heavy atom. The van der Waals surface area contributed by atoms with Crippen molar-refractivity contribution in [2.45, 2.75) is 13.0 Å². The molecule has 0 saturated heterocycles. The molecule has 35 heavy (non-hydrogen) atoms. The van der Waals surface area contributed by atoms with Gasteiger partial charge in [0.25, 0.3) is 11.5 Å². The third-order valence-electron chi connectivity index (χ3n) is 5.57. The second-order valence-electron chi connectivity index (χ2n) is 7.82. The third kappa shape index (κ3) is 4.52. The summed E-state index contributed by atoms with van der Waals surface area (Å²) in [6.07, 6.45) is 1.68. The summed E-state index contributed by atoms with van der Waals surface area (Å²) >= 11 is 4.54. The molecule has 1 aliphatic rings. The minimum atomic E-state index is -0.685. The lowest BCUT2D eigenvalue weighted by molar-refractivity contribution is -0.113. The molecule has 9 heteroatoms. The van der Waals surface area contributed by atoms with Crippen LogP contribution >= 0.6 is 27.3 Å². The standard InChI is InChI=1S/C26H20BrN3O4S/c1-15-22(24(31)29-17-8-4-3-5-9-17)23(16-7-6-10-18(13-16)33-2)30-25(32)20(35-26(30)28-15)14-19-11-12-21(27)34-19/h3-14,23H,1-2H3,(H,29,31)/b20-14-/t23-/m0/s1. The van der Waals surface area contributed by atoms with Crippen molar-refractivity contribution < 1.29 is 13.9 Å². The summed E-state index contributed by atoms with van der Waals surface area (Å²) in [4.78, 5) is 32.3. The van der Waals surface area contributed by atoms with Crippen molar-refractivity contribution in [2.24, 2.45) is 4.99 Å². The van der Waals surface area contributed by atoms with E-state index in [4.69, 9.17) is 9.15 Å². The number of carbonyl (C=O) groups is 1. The van der Waals surface area contributed by atoms with Gasteiger partial charge in [0, 0.05) is 11.8 Å². The van der Waals surface area contributed by atoms with Crippen molar-refractivity contribution in [3.8, 4) is 5.75 Å². The predicted molar refractivity (Wildman–Crippen MR) is 138 cm³/mol. The van der Waals surface area contributed by atoms with Crippen LogP contribution in [0.1, 0.15) is 24.3 Å². The van der Waals surface area contributed by atoms with Gasteiger partial charge in [0.15, 0.2) is 9.47 Å². The minimum absolute atomic E-state index is 0.258. The molecule has 1 aliphatic heterocycles. The van der Waals surface area contributed by atoms with Crippen LogP contribution in [0.2, 0.25) is 0 Å². The van der Waals surface area contributed by atoms with Crippen LogP contribution in [0.15, 0.2) is 96.9 Å². The van der Waals surface area contributed by atoms with Gasteiger partial charge in [-0.25, -0.2) is 4.99 Å². The number of para-hydroxylation sites is 1. The first kappa shape index (κ1) is 23.1. The van der Waals surface area contributed by atoms with E-state index >= 15 is 0 Å². The summed E-state index contributed by atoms with van der Waals surface area (Å²) in [6.45, 7) is 1.79. The number of fused-ring (bicyclic) bond motifs is 1. The number of halogens is 1. The average molecular weight is 550 g/mol. The molecule has 0 unspecified atom stereocenters. The molecule has 1 atom stereocenters. The van der Waals surface area contributed by atoms with Crippen LogP contribution in [0.25, 0.3) is 6.08 Å². The smallest absolute Gasteiger partial charge is 0.271 e. The Morgan fingerprint density at radius 1 is 1.17 bits per heavy atom. The molecule has 176 valence electrons. The highest BCUT2D eigenvalue weighted by Gasteiger charge is 2.32. The van der Waals surface area contributed by atoms with Crippen LogP contribution in [0.4, 0.5) is 5.69 Å². The molecule has 0 radical (unpaired) electrons. The molecule has 1 N–H and O–H groups in total. The molecule has 0 bridgehead atoms. The van der Waals surface area contributed by atoms with Gasteiger partial charge in [-0.1, -0.05) is 41.7 Å². The monoisotopic (exact) mass is 549 g/mol. The number of allylic oxidation sites excluding steroid dienone is 1. The lowest BCUT2D eigenvalue weighted by Gasteiger charge is -2.25. The van der Waals surface area contributed by atoms with Crippen molar-refractivity contribution in [2.75, 3.05) is 12.4 Å². The van der Waals surface area contributed by atoms with E-state index in [1.165, 1.54) is 11.3 Å². The number of hydrogen-bond acceptors (Lipinski definition) is 6. The molecule has 0 fully saturated rings. The lowest BCUT2D eigenvalue weighted by atomic mass is 9.95. The first-order valence-corrected chi connectivity index (χ1v) is 12.3. The largest absolute Gasteiger partial charge is 0.497 e. The van der Waals surface area contributed by atoms with E-state index in [2.05, 4.69) is 26.2 Å². The Kier molecular flexibility index (Phi) is 6.27. The molecular weight excluding hydrogens is 530 g/mol. The van der Waals surface area contributed by atoms with Gasteiger partial charge in [0.1, 0.15) is 11.5 Å². The number of carbonyl (C=O) groups excluding carboxylic acids is 1. The zero-order valence-corrected chi connectivity index (χ0v) is 21.2. The van der Waals surface area contributed by atoms with E-state index in [9.17, 15) is 9.59 Å². The van der Waals surface area contributed by atoms with Crippen LogP contribution < -0.4 is 24.9 Å². The molecule has 5 rings (SSSR count). The predicted octanol–water partition coefficient (Wildman–Crippen LogP) is 4.24. The molecule has 0 saturated carbocycles. The highest BCUT2D eigenvalue weighted by atomic mass is 79.9. The van der Waals surface area contributed by atoms with Gasteiger partial charge in [0.2, 0.25) is 0 Å². The van der Waals surface area contributed by atoms with E-state index < -0.39 is 6.04 Å². The summed E-state index contributed by atoms with van der Waals surface area (Å²) in [5, 5.41) is 2.94. The Labute approximate surface area is 212 Å². The summed E-state index contributed by atoms with van der Waals surface area (Å²) in [6, 6.07) is 19.4. The van der Waals surface area contributed by atoms with Crippen LogP contribution in [0.5, 0.6) is 5.75 Å². The van der Waals surface area contributed by atoms with Gasteiger partial charge in [-0.05, 0) is 64.8 Å². The molecule has 0 aliphatic carbocycles. The van der Waals surface area contributed by atoms with Crippen molar-refractivity contribution >= 4 is 44.9 Å². The highest BCUT2D eigenvalue weighted by molar-refractivity contribution is 9.10. The molecule has 0 spiro atoms. The number of aromatic nitrogens is 1. The first-order valence-electron chi connectivity index (χ1n) is 10.7. The maximum atomic E-state index is 13.6. The molecule has 2 aromatic carbocycles. The van der Waals surface area contributed by atoms with Crippen molar-refractivity contribution in [1.29, 1.82) is 0 Å². The van der Waals surface area contributed by atoms with Crippen molar-refractivity contribution in [3.05, 3.63) is 114 Å². The van der Waals surface area contributed by atoms with Crippen molar-refractivity contribution in [1.82, 2.24) is 4.57 Å². The van der Waals surface area contributed by atoms with E-state index in [1.807, 2.05) is 54.6 Å². The second kappa shape index (κ2) is 9.52. The van der Waals surface area contributed by atoms with E-state index in [-0.39, 0.29) is 11.5 Å². The normalized spacial score (nSPS) is 15.5. The summed E-state index contributed by atoms with van der Waals surface area (Å²) in [5.41, 5.74) is 2.07. The number of amides is 1. The maximum Gasteiger partial charge on any atom is 0.271 e. The number of anilines is 1. The molecule has 7 nitrogen and oxygen atoms in total. The molecule has 4 aromatic rings. The number of nitrogens with one attached hydrogen (secondary N) is 1. The average Bonchev–Trinajstić information content (AvgIpc) is 3.40. The number of ether oxygens (including phenoxy) is 1. The third-order valence-corrected chi connectivity index (χ3v) is 6.98. The number of rotatable bonds is 5. The molecule has 1 amide bonds. The van der Waals surface area contributed by atoms with Gasteiger partial charge in [-0.3, -0.25) is 14.2 Å². The van der Waals surface area contributed by atoms with Gasteiger partial charge in [-0.2, -0.15) is 0 Å². The number of methoxy groups -OCH3 is 1. The minimum Gasteiger partial charge on any atom is -0.497 e. The van der Waals surface area contributed by atoms with Crippen LogP contribution in [-0.4, -0.2) is 17.6 Å². The number of benzene rings is 2. The summed E-state index contributed by atoms with van der Waals surface area (Å²) in [5.74, 6) is 0.842. The van der Waals surface area contributed by atoms with E-state index in [1.54, 1.807) is 36.8 Å². The SMILES string of the molecule is COc1cccc([C@H]2C(C(=O)Nc3ccccc3)=C(C)N=c3s/c(=C\c4ccc(Br)o4)c(=O)n32)c1. The number of thiazole rings is 1. The Morgan fingerprint density at radius 3 is 2.69 bits per heavy atom. The molecule has 3 heterocycles. The Balaban J connectivity index is 1.69. The number of nitrogens with zero attached hydrogens (tertiary/aromatic N) is 2. The van der Waals surface area contributed by atoms with Gasteiger partial charge >= 0.3 is 0 Å². The van der Waals surface area contributed by atoms with Crippen LogP contribution in [-0.2, 0) is 4.79 Å². The van der Waals surface area contributed by atoms with Gasteiger partial charge in [0.05, 0.1) is 29.0 Å². The van der Waals surface area contributed by atoms with E-state index in [0.29, 0.717) is 42.5 Å². The Bertz CT molecular complexity index is 1630. The van der Waals surface area contributed by atoms with E-state index in [0.717, 1.165) is 5.56 Å². The number of hydrogen-bond donors (Lipinski definition) is 1. The van der Waals surface area contributed by atoms with Crippen molar-refractivity contribution in [3.63, 3.8) is 0 Å². The quantitative estimate of drug-likeness (QED) is 0.403. The zero-order chi connectivity index (χ0) is 24.5. The second-order valence-corrected chi connectivity index (χ2v) is 9.61. The topological polar surface area (TPSA) is 85.8 Å². The fourth-order valence-corrected chi connectivity index (χ4v) is 5.34. The Hall–Kier alpha value is -3.69. The lowest BCUT2D eigenvalue weighted by Crippen LogP contribution is -2.40. The van der Waals surface area contributed by atoms with Crippen LogP contribution in [0, 0.1) is 0 Å². The summed E-state index contributed by atoms with van der Waals surface area (Å²) in [7, 11) is 1.58. The summed E-state index contributed by atoms with van der Waals surface area (Å²) < 4.78 is 13.6.